The summed E-state index contributed by atoms with van der Waals surface area (Å²) in [5.41, 5.74) is 2.17. The molecular formula is C18H23N3O. The highest BCUT2D eigenvalue weighted by Crippen LogP contribution is 2.22. The summed E-state index contributed by atoms with van der Waals surface area (Å²) >= 11 is 0. The normalized spacial score (nSPS) is 17.5. The molecule has 0 aliphatic carbocycles. The highest BCUT2D eigenvalue weighted by atomic mass is 16.2. The molecule has 1 amide bonds. The Kier molecular flexibility index (Phi) is 4.27. The predicted octanol–water partition coefficient (Wildman–Crippen LogP) is 3.37. The fourth-order valence-corrected chi connectivity index (χ4v) is 2.94. The molecule has 4 nitrogen and oxygen atoms in total. The first-order valence-corrected chi connectivity index (χ1v) is 8.03. The lowest BCUT2D eigenvalue weighted by Gasteiger charge is -2.32. The number of nitrogens with zero attached hydrogens (tertiary/aromatic N) is 3. The van der Waals surface area contributed by atoms with Gasteiger partial charge in [0.05, 0.1) is 6.20 Å². The third-order valence-corrected chi connectivity index (χ3v) is 4.56. The first-order chi connectivity index (χ1) is 10.6. The number of carbonyl (C=O) groups is 1. The Morgan fingerprint density at radius 2 is 1.86 bits per heavy atom. The zero-order valence-corrected chi connectivity index (χ0v) is 13.3. The molecule has 1 aromatic heterocycles. The van der Waals surface area contributed by atoms with Crippen LogP contribution in [-0.4, -0.2) is 33.7 Å². The Bertz CT molecular complexity index is 627. The lowest BCUT2D eigenvalue weighted by Crippen LogP contribution is -2.41. The van der Waals surface area contributed by atoms with Gasteiger partial charge in [0.2, 0.25) is 5.91 Å². The van der Waals surface area contributed by atoms with Gasteiger partial charge in [-0.15, -0.1) is 0 Å². The molecule has 1 fully saturated rings. The average Bonchev–Trinajstić information content (AvgIpc) is 3.05. The largest absolute Gasteiger partial charge is 0.341 e. The molecule has 1 aromatic carbocycles. The van der Waals surface area contributed by atoms with Crippen LogP contribution >= 0.6 is 0 Å². The Morgan fingerprint density at radius 1 is 1.18 bits per heavy atom. The van der Waals surface area contributed by atoms with Crippen molar-refractivity contribution in [1.29, 1.82) is 0 Å². The second kappa shape index (κ2) is 6.34. The number of likely N-dealkylation sites (tertiary alicyclic amines) is 1. The minimum Gasteiger partial charge on any atom is -0.341 e. The van der Waals surface area contributed by atoms with E-state index in [2.05, 4.69) is 24.2 Å². The summed E-state index contributed by atoms with van der Waals surface area (Å²) in [5.74, 6) is 0.906. The van der Waals surface area contributed by atoms with Crippen LogP contribution in [0.4, 0.5) is 0 Å². The molecule has 2 aromatic rings. The van der Waals surface area contributed by atoms with Crippen molar-refractivity contribution in [2.45, 2.75) is 32.7 Å². The maximum Gasteiger partial charge on any atom is 0.247 e. The van der Waals surface area contributed by atoms with Gasteiger partial charge in [-0.2, -0.15) is 5.10 Å². The van der Waals surface area contributed by atoms with E-state index in [9.17, 15) is 4.79 Å². The van der Waals surface area contributed by atoms with Crippen LogP contribution < -0.4 is 0 Å². The van der Waals surface area contributed by atoms with E-state index in [1.54, 1.807) is 4.68 Å². The molecule has 0 spiro atoms. The zero-order chi connectivity index (χ0) is 15.5. The summed E-state index contributed by atoms with van der Waals surface area (Å²) in [4.78, 5) is 14.6. The van der Waals surface area contributed by atoms with Gasteiger partial charge in [-0.1, -0.05) is 37.3 Å². The van der Waals surface area contributed by atoms with Crippen molar-refractivity contribution in [3.8, 4) is 11.1 Å². The third-order valence-electron chi connectivity index (χ3n) is 4.56. The van der Waals surface area contributed by atoms with Crippen LogP contribution in [0.25, 0.3) is 11.1 Å². The van der Waals surface area contributed by atoms with Crippen molar-refractivity contribution in [3.05, 3.63) is 42.7 Å². The number of benzene rings is 1. The molecule has 4 heteroatoms. The minimum absolute atomic E-state index is 0.176. The van der Waals surface area contributed by atoms with E-state index in [1.165, 1.54) is 0 Å². The topological polar surface area (TPSA) is 38.1 Å². The third kappa shape index (κ3) is 3.06. The van der Waals surface area contributed by atoms with Crippen LogP contribution in [0.1, 0.15) is 32.7 Å². The highest BCUT2D eigenvalue weighted by Gasteiger charge is 2.25. The molecular weight excluding hydrogens is 274 g/mol. The fraction of sp³-hybridized carbons (Fsp3) is 0.444. The second-order valence-electron chi connectivity index (χ2n) is 6.26. The Labute approximate surface area is 131 Å². The molecule has 0 N–H and O–H groups in total. The second-order valence-corrected chi connectivity index (χ2v) is 6.26. The molecule has 116 valence electrons. The lowest BCUT2D eigenvalue weighted by molar-refractivity contribution is -0.135. The van der Waals surface area contributed by atoms with E-state index in [0.29, 0.717) is 0 Å². The quantitative estimate of drug-likeness (QED) is 0.871. The van der Waals surface area contributed by atoms with Gasteiger partial charge < -0.3 is 4.90 Å². The Morgan fingerprint density at radius 3 is 2.55 bits per heavy atom. The summed E-state index contributed by atoms with van der Waals surface area (Å²) in [6.07, 6.45) is 6.00. The summed E-state index contributed by atoms with van der Waals surface area (Å²) in [5, 5.41) is 4.39. The van der Waals surface area contributed by atoms with Gasteiger partial charge in [0.1, 0.15) is 6.04 Å². The molecule has 0 radical (unpaired) electrons. The van der Waals surface area contributed by atoms with Crippen molar-refractivity contribution in [2.75, 3.05) is 13.1 Å². The average molecular weight is 297 g/mol. The van der Waals surface area contributed by atoms with E-state index >= 15 is 0 Å². The first-order valence-electron chi connectivity index (χ1n) is 8.03. The zero-order valence-electron chi connectivity index (χ0n) is 13.3. The molecule has 0 saturated carbocycles. The fourth-order valence-electron chi connectivity index (χ4n) is 2.94. The summed E-state index contributed by atoms with van der Waals surface area (Å²) in [6, 6.07) is 9.88. The van der Waals surface area contributed by atoms with Crippen molar-refractivity contribution in [1.82, 2.24) is 14.7 Å². The van der Waals surface area contributed by atoms with Crippen LogP contribution in [0.3, 0.4) is 0 Å². The van der Waals surface area contributed by atoms with E-state index in [-0.39, 0.29) is 11.9 Å². The number of aromatic nitrogens is 2. The van der Waals surface area contributed by atoms with Gasteiger partial charge in [-0.3, -0.25) is 9.48 Å². The van der Waals surface area contributed by atoms with Crippen molar-refractivity contribution in [3.63, 3.8) is 0 Å². The maximum absolute atomic E-state index is 12.6. The van der Waals surface area contributed by atoms with Gasteiger partial charge in [0, 0.05) is 24.8 Å². The first kappa shape index (κ1) is 14.8. The molecule has 0 unspecified atom stereocenters. The standard InChI is InChI=1S/C18H23N3O/c1-14-8-10-20(11-9-14)18(22)15(2)21-13-17(12-19-21)16-6-4-3-5-7-16/h3-7,12-15H,8-11H2,1-2H3/t15-/m1/s1. The van der Waals surface area contributed by atoms with Crippen molar-refractivity contribution < 1.29 is 4.79 Å². The van der Waals surface area contributed by atoms with Crippen LogP contribution in [0.15, 0.2) is 42.7 Å². The number of amides is 1. The summed E-state index contributed by atoms with van der Waals surface area (Å²) in [6.45, 7) is 5.93. The predicted molar refractivity (Wildman–Crippen MR) is 87.4 cm³/mol. The van der Waals surface area contributed by atoms with E-state index < -0.39 is 0 Å². The number of hydrogen-bond acceptors (Lipinski definition) is 2. The smallest absolute Gasteiger partial charge is 0.247 e. The molecule has 1 saturated heterocycles. The van der Waals surface area contributed by atoms with Crippen molar-refractivity contribution >= 4 is 5.91 Å². The molecule has 2 heterocycles. The number of rotatable bonds is 3. The van der Waals surface area contributed by atoms with Gasteiger partial charge in [0.25, 0.3) is 0 Å². The van der Waals surface area contributed by atoms with Crippen LogP contribution in [0, 0.1) is 5.92 Å². The van der Waals surface area contributed by atoms with Crippen LogP contribution in [-0.2, 0) is 4.79 Å². The molecule has 1 aliphatic rings. The Hall–Kier alpha value is -2.10. The molecule has 1 aliphatic heterocycles. The van der Waals surface area contributed by atoms with Gasteiger partial charge in [0.15, 0.2) is 0 Å². The minimum atomic E-state index is -0.245. The van der Waals surface area contributed by atoms with E-state index in [4.69, 9.17) is 0 Å². The van der Waals surface area contributed by atoms with Gasteiger partial charge >= 0.3 is 0 Å². The van der Waals surface area contributed by atoms with Gasteiger partial charge in [-0.25, -0.2) is 0 Å². The summed E-state index contributed by atoms with van der Waals surface area (Å²) in [7, 11) is 0. The van der Waals surface area contributed by atoms with Crippen LogP contribution in [0.5, 0.6) is 0 Å². The molecule has 22 heavy (non-hydrogen) atoms. The summed E-state index contributed by atoms with van der Waals surface area (Å²) < 4.78 is 1.78. The molecule has 3 rings (SSSR count). The van der Waals surface area contributed by atoms with E-state index in [0.717, 1.165) is 43.0 Å². The Balaban J connectivity index is 1.71. The van der Waals surface area contributed by atoms with Crippen LogP contribution in [0.2, 0.25) is 0 Å². The van der Waals surface area contributed by atoms with Gasteiger partial charge in [-0.05, 0) is 31.2 Å². The van der Waals surface area contributed by atoms with E-state index in [1.807, 2.05) is 42.4 Å². The maximum atomic E-state index is 12.6. The van der Waals surface area contributed by atoms with Crippen molar-refractivity contribution in [2.24, 2.45) is 5.92 Å². The molecule has 1 atom stereocenters. The monoisotopic (exact) mass is 297 g/mol. The molecule has 0 bridgehead atoms. The highest BCUT2D eigenvalue weighted by molar-refractivity contribution is 5.80. The SMILES string of the molecule is CC1CCN(C(=O)[C@@H](C)n2cc(-c3ccccc3)cn2)CC1. The number of hydrogen-bond donors (Lipinski definition) is 0. The number of piperidine rings is 1. The number of carbonyl (C=O) groups excluding carboxylic acids is 1. The lowest BCUT2D eigenvalue weighted by atomic mass is 9.99.